The summed E-state index contributed by atoms with van der Waals surface area (Å²) in [5, 5.41) is 11.1. The van der Waals surface area contributed by atoms with Crippen LogP contribution in [-0.4, -0.2) is 39.9 Å². The van der Waals surface area contributed by atoms with Crippen LogP contribution < -0.4 is 4.74 Å². The number of amides is 1. The smallest absolute Gasteiger partial charge is 0.282 e. The highest BCUT2D eigenvalue weighted by atomic mass is 16.6. The summed E-state index contributed by atoms with van der Waals surface area (Å²) in [5.74, 6) is 0.375. The molecule has 0 bridgehead atoms. The monoisotopic (exact) mass is 327 g/mol. The molecule has 1 atom stereocenters. The van der Waals surface area contributed by atoms with Gasteiger partial charge in [0, 0.05) is 25.0 Å². The second-order valence-electron chi connectivity index (χ2n) is 5.59. The van der Waals surface area contributed by atoms with Crippen LogP contribution in [0.15, 0.2) is 48.8 Å². The first-order chi connectivity index (χ1) is 11.6. The van der Waals surface area contributed by atoms with Crippen LogP contribution in [0.5, 0.6) is 5.75 Å². The molecule has 24 heavy (non-hydrogen) atoms. The van der Waals surface area contributed by atoms with E-state index in [1.54, 1.807) is 41.6 Å². The van der Waals surface area contributed by atoms with Crippen molar-refractivity contribution in [2.45, 2.75) is 18.9 Å². The second kappa shape index (κ2) is 7.08. The van der Waals surface area contributed by atoms with E-state index in [2.05, 4.69) is 4.98 Å². The number of carbonyl (C=O) groups excluding carboxylic acids is 1. The van der Waals surface area contributed by atoms with Crippen LogP contribution in [0.1, 0.15) is 23.2 Å². The molecular weight excluding hydrogens is 310 g/mol. The van der Waals surface area contributed by atoms with Crippen LogP contribution in [0.4, 0.5) is 5.69 Å². The number of nitro groups is 1. The van der Waals surface area contributed by atoms with Gasteiger partial charge in [0.25, 0.3) is 11.6 Å². The molecular formula is C17H17N3O4. The number of rotatable bonds is 4. The molecule has 2 aromatic rings. The molecule has 124 valence electrons. The molecule has 0 aliphatic carbocycles. The van der Waals surface area contributed by atoms with E-state index in [4.69, 9.17) is 4.74 Å². The fraction of sp³-hybridized carbons (Fsp3) is 0.294. The van der Waals surface area contributed by atoms with Crippen molar-refractivity contribution in [2.75, 3.05) is 13.1 Å². The lowest BCUT2D eigenvalue weighted by molar-refractivity contribution is -0.385. The van der Waals surface area contributed by atoms with Crippen molar-refractivity contribution in [3.05, 3.63) is 64.5 Å². The quantitative estimate of drug-likeness (QED) is 0.636. The average Bonchev–Trinajstić information content (AvgIpc) is 2.62. The number of likely N-dealkylation sites (tertiary alicyclic amines) is 1. The zero-order valence-corrected chi connectivity index (χ0v) is 13.0. The highest BCUT2D eigenvalue weighted by Crippen LogP contribution is 2.23. The highest BCUT2D eigenvalue weighted by molar-refractivity contribution is 5.98. The summed E-state index contributed by atoms with van der Waals surface area (Å²) in [7, 11) is 0. The molecule has 0 N–H and O–H groups in total. The molecule has 0 radical (unpaired) electrons. The van der Waals surface area contributed by atoms with Crippen LogP contribution in [-0.2, 0) is 0 Å². The van der Waals surface area contributed by atoms with Gasteiger partial charge in [0.05, 0.1) is 11.5 Å². The lowest BCUT2D eigenvalue weighted by Gasteiger charge is -2.32. The van der Waals surface area contributed by atoms with Gasteiger partial charge >= 0.3 is 0 Å². The second-order valence-corrected chi connectivity index (χ2v) is 5.59. The zero-order chi connectivity index (χ0) is 16.9. The maximum absolute atomic E-state index is 12.7. The highest BCUT2D eigenvalue weighted by Gasteiger charge is 2.29. The third-order valence-electron chi connectivity index (χ3n) is 3.95. The van der Waals surface area contributed by atoms with Gasteiger partial charge in [-0.15, -0.1) is 0 Å². The Kier molecular flexibility index (Phi) is 4.69. The van der Waals surface area contributed by atoms with E-state index in [-0.39, 0.29) is 23.3 Å². The molecule has 7 heteroatoms. The summed E-state index contributed by atoms with van der Waals surface area (Å²) < 4.78 is 5.88. The summed E-state index contributed by atoms with van der Waals surface area (Å²) in [6, 6.07) is 9.57. The molecule has 1 aromatic heterocycles. The van der Waals surface area contributed by atoms with Gasteiger partial charge in [-0.25, -0.2) is 0 Å². The number of pyridine rings is 1. The van der Waals surface area contributed by atoms with Gasteiger partial charge < -0.3 is 9.64 Å². The van der Waals surface area contributed by atoms with Crippen molar-refractivity contribution >= 4 is 11.6 Å². The fourth-order valence-corrected chi connectivity index (χ4v) is 2.81. The largest absolute Gasteiger partial charge is 0.488 e. The number of carbonyl (C=O) groups is 1. The minimum atomic E-state index is -0.526. The summed E-state index contributed by atoms with van der Waals surface area (Å²) in [5.41, 5.74) is -0.0493. The predicted molar refractivity (Wildman–Crippen MR) is 86.9 cm³/mol. The van der Waals surface area contributed by atoms with E-state index in [0.29, 0.717) is 18.8 Å². The first-order valence-corrected chi connectivity index (χ1v) is 7.74. The Morgan fingerprint density at radius 2 is 2.00 bits per heavy atom. The minimum absolute atomic E-state index is 0.118. The number of ether oxygens (including phenoxy) is 1. The minimum Gasteiger partial charge on any atom is -0.488 e. The average molecular weight is 327 g/mol. The molecule has 1 unspecified atom stereocenters. The maximum Gasteiger partial charge on any atom is 0.282 e. The number of benzene rings is 1. The van der Waals surface area contributed by atoms with Crippen LogP contribution >= 0.6 is 0 Å². The van der Waals surface area contributed by atoms with Crippen molar-refractivity contribution in [1.82, 2.24) is 9.88 Å². The summed E-state index contributed by atoms with van der Waals surface area (Å²) in [4.78, 5) is 28.8. The Hall–Kier alpha value is -2.96. The molecule has 1 saturated heterocycles. The molecule has 1 amide bonds. The van der Waals surface area contributed by atoms with E-state index < -0.39 is 4.92 Å². The standard InChI is InChI=1S/C17H17N3O4/c21-17(15-5-1-2-6-16(15)20(22)23)19-11-3-4-14(12-19)24-13-7-9-18-10-8-13/h1-2,5-10,14H,3-4,11-12H2. The third-order valence-corrected chi connectivity index (χ3v) is 3.95. The fourth-order valence-electron chi connectivity index (χ4n) is 2.81. The Bertz CT molecular complexity index is 736. The zero-order valence-electron chi connectivity index (χ0n) is 13.0. The number of aromatic nitrogens is 1. The summed E-state index contributed by atoms with van der Waals surface area (Å²) in [6.45, 7) is 0.980. The molecule has 7 nitrogen and oxygen atoms in total. The number of piperidine rings is 1. The van der Waals surface area contributed by atoms with Gasteiger partial charge in [-0.1, -0.05) is 12.1 Å². The van der Waals surface area contributed by atoms with Gasteiger partial charge in [-0.3, -0.25) is 19.9 Å². The molecule has 1 aliphatic rings. The van der Waals surface area contributed by atoms with Gasteiger partial charge in [-0.05, 0) is 31.0 Å². The SMILES string of the molecule is O=C(c1ccccc1[N+](=O)[O-])N1CCCC(Oc2ccncc2)C1. The van der Waals surface area contributed by atoms with Crippen molar-refractivity contribution in [3.63, 3.8) is 0 Å². The Labute approximate surface area is 139 Å². The van der Waals surface area contributed by atoms with Crippen LogP contribution in [0.25, 0.3) is 0 Å². The van der Waals surface area contributed by atoms with Crippen LogP contribution in [0.2, 0.25) is 0 Å². The molecule has 3 rings (SSSR count). The van der Waals surface area contributed by atoms with Crippen molar-refractivity contribution in [3.8, 4) is 5.75 Å². The molecule has 1 fully saturated rings. The maximum atomic E-state index is 12.7. The van der Waals surface area contributed by atoms with Crippen LogP contribution in [0.3, 0.4) is 0 Å². The summed E-state index contributed by atoms with van der Waals surface area (Å²) in [6.07, 6.45) is 4.79. The number of nitro benzene ring substituents is 1. The topological polar surface area (TPSA) is 85.6 Å². The first-order valence-electron chi connectivity index (χ1n) is 7.74. The lowest BCUT2D eigenvalue weighted by atomic mass is 10.1. The van der Waals surface area contributed by atoms with Gasteiger partial charge in [0.15, 0.2) is 0 Å². The molecule has 1 aromatic carbocycles. The van der Waals surface area contributed by atoms with E-state index in [9.17, 15) is 14.9 Å². The van der Waals surface area contributed by atoms with Crippen molar-refractivity contribution in [1.29, 1.82) is 0 Å². The number of nitrogens with zero attached hydrogens (tertiary/aromatic N) is 3. The number of hydrogen-bond donors (Lipinski definition) is 0. The number of hydrogen-bond acceptors (Lipinski definition) is 5. The lowest BCUT2D eigenvalue weighted by Crippen LogP contribution is -2.44. The predicted octanol–water partition coefficient (Wildman–Crippen LogP) is 2.67. The van der Waals surface area contributed by atoms with E-state index in [1.807, 2.05) is 0 Å². The van der Waals surface area contributed by atoms with Gasteiger partial charge in [-0.2, -0.15) is 0 Å². The molecule has 2 heterocycles. The number of para-hydroxylation sites is 1. The third kappa shape index (κ3) is 3.51. The van der Waals surface area contributed by atoms with E-state index >= 15 is 0 Å². The summed E-state index contributed by atoms with van der Waals surface area (Å²) >= 11 is 0. The Morgan fingerprint density at radius 3 is 2.75 bits per heavy atom. The molecule has 0 saturated carbocycles. The van der Waals surface area contributed by atoms with Crippen LogP contribution in [0, 0.1) is 10.1 Å². The van der Waals surface area contributed by atoms with Crippen molar-refractivity contribution < 1.29 is 14.5 Å². The molecule has 1 aliphatic heterocycles. The van der Waals surface area contributed by atoms with Gasteiger partial charge in [0.2, 0.25) is 0 Å². The normalized spacial score (nSPS) is 17.3. The molecule has 0 spiro atoms. The Morgan fingerprint density at radius 1 is 1.25 bits per heavy atom. The van der Waals surface area contributed by atoms with Gasteiger partial charge in [0.1, 0.15) is 17.4 Å². The van der Waals surface area contributed by atoms with Crippen molar-refractivity contribution in [2.24, 2.45) is 0 Å². The Balaban J connectivity index is 1.73. The van der Waals surface area contributed by atoms with E-state index in [0.717, 1.165) is 12.8 Å². The first kappa shape index (κ1) is 15.9. The van der Waals surface area contributed by atoms with E-state index in [1.165, 1.54) is 12.1 Å².